The Morgan fingerprint density at radius 1 is 1.00 bits per heavy atom. The topological polar surface area (TPSA) is 119 Å². The molecule has 230 valence electrons. The number of nitrogens with zero attached hydrogens (tertiary/aromatic N) is 5. The van der Waals surface area contributed by atoms with E-state index in [1.54, 1.807) is 11.0 Å². The van der Waals surface area contributed by atoms with Crippen molar-refractivity contribution in [3.05, 3.63) is 89.7 Å². The molecule has 7 rings (SSSR count). The highest BCUT2D eigenvalue weighted by molar-refractivity contribution is 6.08. The number of benzene rings is 3. The van der Waals surface area contributed by atoms with Crippen LogP contribution >= 0.6 is 0 Å². The number of fused-ring (bicyclic) bond motifs is 3. The van der Waals surface area contributed by atoms with Crippen molar-refractivity contribution in [2.45, 2.75) is 51.6 Å². The van der Waals surface area contributed by atoms with Gasteiger partial charge in [0, 0.05) is 28.9 Å². The summed E-state index contributed by atoms with van der Waals surface area (Å²) in [7, 11) is 0. The number of nitrogens with two attached hydrogens (primary N) is 1. The fourth-order valence-corrected chi connectivity index (χ4v) is 7.19. The van der Waals surface area contributed by atoms with E-state index < -0.39 is 0 Å². The van der Waals surface area contributed by atoms with Crippen LogP contribution in [-0.2, 0) is 4.79 Å². The molecule has 2 amide bonds. The zero-order valence-corrected chi connectivity index (χ0v) is 26.1. The van der Waals surface area contributed by atoms with Crippen molar-refractivity contribution in [1.29, 1.82) is 0 Å². The number of hydrogen-bond donors (Lipinski definition) is 2. The number of amides is 2. The van der Waals surface area contributed by atoms with Crippen LogP contribution in [0.2, 0.25) is 0 Å². The lowest BCUT2D eigenvalue weighted by Crippen LogP contribution is -2.42. The number of piperidine rings is 1. The molecule has 3 N–H and O–H groups in total. The number of nitrogen functional groups attached to an aromatic ring is 1. The standard InChI is InChI=1S/C37H35N7O2/c1-5-31(45)43-19-23-16-29(43)30(17-23)44-36-33(35(38)39-20-40-36)34(42-44)26-9-7-10-27(18-26)37(46)41-28-11-6-8-22(4)32(28)25-14-12-24(13-15-25)21(2)3/h1,6-15,18,20-21,23,29-30H,16-17,19H2,2-4H3,(H,41,46)(H2,38,39,40). The Morgan fingerprint density at radius 2 is 1.76 bits per heavy atom. The summed E-state index contributed by atoms with van der Waals surface area (Å²) >= 11 is 0. The molecule has 0 spiro atoms. The Bertz CT molecular complexity index is 2040. The van der Waals surface area contributed by atoms with Gasteiger partial charge in [0.25, 0.3) is 11.8 Å². The first-order valence-electron chi connectivity index (χ1n) is 15.6. The summed E-state index contributed by atoms with van der Waals surface area (Å²) in [5.74, 6) is 2.81. The molecule has 2 aromatic heterocycles. The maximum Gasteiger partial charge on any atom is 0.298 e. The van der Waals surface area contributed by atoms with Gasteiger partial charge < -0.3 is 16.0 Å². The fraction of sp³-hybridized carbons (Fsp3) is 0.270. The molecule has 2 fully saturated rings. The maximum atomic E-state index is 13.8. The van der Waals surface area contributed by atoms with E-state index in [9.17, 15) is 9.59 Å². The lowest BCUT2D eigenvalue weighted by atomic mass is 9.95. The summed E-state index contributed by atoms with van der Waals surface area (Å²) in [4.78, 5) is 36.8. The monoisotopic (exact) mass is 609 g/mol. The molecule has 5 aromatic rings. The quantitative estimate of drug-likeness (QED) is 0.221. The molecule has 3 unspecified atom stereocenters. The molecule has 1 saturated carbocycles. The number of nitrogens with one attached hydrogen (secondary N) is 1. The second kappa shape index (κ2) is 11.5. The molecule has 0 radical (unpaired) electrons. The van der Waals surface area contributed by atoms with E-state index in [0.29, 0.717) is 52.1 Å². The number of aryl methyl sites for hydroxylation is 1. The molecule has 1 saturated heterocycles. The molecule has 46 heavy (non-hydrogen) atoms. The van der Waals surface area contributed by atoms with Crippen molar-refractivity contribution in [3.63, 3.8) is 0 Å². The van der Waals surface area contributed by atoms with Crippen molar-refractivity contribution in [1.82, 2.24) is 24.6 Å². The van der Waals surface area contributed by atoms with E-state index in [0.717, 1.165) is 35.2 Å². The SMILES string of the molecule is C#CC(=O)N1CC2CC1C(n1nc(-c3cccc(C(=O)Nc4cccc(C)c4-c4ccc(C(C)C)cc4)c3)c3c(N)ncnc31)C2. The fourth-order valence-electron chi connectivity index (χ4n) is 7.19. The van der Waals surface area contributed by atoms with Crippen LogP contribution in [0.25, 0.3) is 33.4 Å². The largest absolute Gasteiger partial charge is 0.383 e. The zero-order chi connectivity index (χ0) is 32.1. The van der Waals surface area contributed by atoms with Crippen molar-refractivity contribution >= 4 is 34.4 Å². The minimum atomic E-state index is -0.300. The summed E-state index contributed by atoms with van der Waals surface area (Å²) in [5.41, 5.74) is 13.9. The minimum absolute atomic E-state index is 0.0668. The summed E-state index contributed by atoms with van der Waals surface area (Å²) in [6.45, 7) is 7.06. The summed E-state index contributed by atoms with van der Waals surface area (Å²) in [6.07, 6.45) is 8.63. The lowest BCUT2D eigenvalue weighted by Gasteiger charge is -2.32. The van der Waals surface area contributed by atoms with Gasteiger partial charge in [0.2, 0.25) is 0 Å². The molecule has 9 heteroatoms. The van der Waals surface area contributed by atoms with Crippen LogP contribution in [-0.4, -0.2) is 49.0 Å². The van der Waals surface area contributed by atoms with E-state index in [1.165, 1.54) is 11.9 Å². The highest BCUT2D eigenvalue weighted by Crippen LogP contribution is 2.46. The van der Waals surface area contributed by atoms with Gasteiger partial charge in [-0.05, 0) is 72.4 Å². The first-order valence-corrected chi connectivity index (χ1v) is 15.6. The first kappa shape index (κ1) is 29.2. The van der Waals surface area contributed by atoms with Gasteiger partial charge >= 0.3 is 0 Å². The van der Waals surface area contributed by atoms with Gasteiger partial charge in [-0.25, -0.2) is 14.6 Å². The van der Waals surface area contributed by atoms with Crippen LogP contribution < -0.4 is 11.1 Å². The maximum absolute atomic E-state index is 13.8. The third-order valence-corrected chi connectivity index (χ3v) is 9.45. The van der Waals surface area contributed by atoms with Gasteiger partial charge in [0.05, 0.1) is 17.5 Å². The highest BCUT2D eigenvalue weighted by Gasteiger charge is 2.48. The normalized spacial score (nSPS) is 18.7. The van der Waals surface area contributed by atoms with Crippen molar-refractivity contribution in [3.8, 4) is 34.7 Å². The number of carbonyl (C=O) groups excluding carboxylic acids is 2. The summed E-state index contributed by atoms with van der Waals surface area (Å²) in [6, 6.07) is 21.6. The van der Waals surface area contributed by atoms with Gasteiger partial charge in [-0.15, -0.1) is 6.42 Å². The predicted molar refractivity (Wildman–Crippen MR) is 180 cm³/mol. The zero-order valence-electron chi connectivity index (χ0n) is 26.1. The van der Waals surface area contributed by atoms with Crippen LogP contribution in [0.1, 0.15) is 60.1 Å². The second-order valence-electron chi connectivity index (χ2n) is 12.6. The molecule has 3 heterocycles. The molecule has 2 aliphatic rings. The molecule has 3 aromatic carbocycles. The van der Waals surface area contributed by atoms with Crippen molar-refractivity contribution in [2.75, 3.05) is 17.6 Å². The summed E-state index contributed by atoms with van der Waals surface area (Å²) in [5, 5.41) is 8.79. The molecule has 3 atom stereocenters. The third-order valence-electron chi connectivity index (χ3n) is 9.45. The average Bonchev–Trinajstić information content (AvgIpc) is 3.78. The van der Waals surface area contributed by atoms with Gasteiger partial charge in [-0.3, -0.25) is 9.59 Å². The number of hydrogen-bond acceptors (Lipinski definition) is 6. The number of carbonyl (C=O) groups is 2. The smallest absolute Gasteiger partial charge is 0.298 e. The first-order chi connectivity index (χ1) is 22.2. The van der Waals surface area contributed by atoms with Crippen LogP contribution in [0.3, 0.4) is 0 Å². The van der Waals surface area contributed by atoms with Gasteiger partial charge in [-0.2, -0.15) is 5.10 Å². The molecule has 1 aliphatic heterocycles. The Hall–Kier alpha value is -5.49. The Morgan fingerprint density at radius 3 is 2.50 bits per heavy atom. The van der Waals surface area contributed by atoms with Crippen LogP contribution in [0.5, 0.6) is 0 Å². The Labute approximate surface area is 267 Å². The number of aromatic nitrogens is 4. The average molecular weight is 610 g/mol. The molecule has 1 aliphatic carbocycles. The number of anilines is 2. The van der Waals surface area contributed by atoms with E-state index in [4.69, 9.17) is 17.3 Å². The molecular weight excluding hydrogens is 574 g/mol. The Balaban J connectivity index is 1.23. The number of likely N-dealkylation sites (tertiary alicyclic amines) is 1. The second-order valence-corrected chi connectivity index (χ2v) is 12.6. The van der Waals surface area contributed by atoms with E-state index in [2.05, 4.69) is 59.3 Å². The molecule has 9 nitrogen and oxygen atoms in total. The highest BCUT2D eigenvalue weighted by atomic mass is 16.2. The molecular formula is C37H35N7O2. The van der Waals surface area contributed by atoms with Gasteiger partial charge in [0.1, 0.15) is 17.8 Å². The number of rotatable bonds is 6. The number of terminal acetylenes is 1. The Kier molecular flexibility index (Phi) is 7.28. The van der Waals surface area contributed by atoms with Crippen molar-refractivity contribution < 1.29 is 9.59 Å². The predicted octanol–water partition coefficient (Wildman–Crippen LogP) is 6.22. The van der Waals surface area contributed by atoms with Crippen LogP contribution in [0.4, 0.5) is 11.5 Å². The third kappa shape index (κ3) is 4.96. The van der Waals surface area contributed by atoms with E-state index in [1.807, 2.05) is 48.0 Å². The van der Waals surface area contributed by atoms with Crippen LogP contribution in [0, 0.1) is 25.2 Å². The van der Waals surface area contributed by atoms with Gasteiger partial charge in [0.15, 0.2) is 5.65 Å². The van der Waals surface area contributed by atoms with E-state index in [-0.39, 0.29) is 23.9 Å². The molecule has 2 bridgehead atoms. The van der Waals surface area contributed by atoms with E-state index >= 15 is 0 Å². The van der Waals surface area contributed by atoms with Crippen LogP contribution in [0.15, 0.2) is 73.1 Å². The lowest BCUT2D eigenvalue weighted by molar-refractivity contribution is -0.127. The summed E-state index contributed by atoms with van der Waals surface area (Å²) < 4.78 is 1.87. The van der Waals surface area contributed by atoms with Crippen molar-refractivity contribution in [2.24, 2.45) is 5.92 Å². The minimum Gasteiger partial charge on any atom is -0.383 e. The van der Waals surface area contributed by atoms with Gasteiger partial charge in [-0.1, -0.05) is 62.4 Å².